The predicted molar refractivity (Wildman–Crippen MR) is 108 cm³/mol. The van der Waals surface area contributed by atoms with Crippen molar-refractivity contribution in [1.29, 1.82) is 0 Å². The molecule has 3 nitrogen and oxygen atoms in total. The van der Waals surface area contributed by atoms with Crippen molar-refractivity contribution in [2.75, 3.05) is 4.90 Å². The standard InChI is InChI=1S/C23H17N3/c1-3-7-17(8-4-1)26(18-9-5-2-6-10-18)19-11-12-22-20(15-19)21-16-24-14-13-23(21)25-22/h1-16,25H. The van der Waals surface area contributed by atoms with Crippen LogP contribution in [0.15, 0.2) is 97.3 Å². The second-order valence-corrected chi connectivity index (χ2v) is 6.28. The van der Waals surface area contributed by atoms with Crippen molar-refractivity contribution in [2.24, 2.45) is 0 Å². The molecule has 3 aromatic carbocycles. The van der Waals surface area contributed by atoms with Gasteiger partial charge in [0, 0.05) is 51.3 Å². The zero-order chi connectivity index (χ0) is 17.3. The van der Waals surface area contributed by atoms with Crippen LogP contribution in [0, 0.1) is 0 Å². The zero-order valence-corrected chi connectivity index (χ0v) is 14.1. The molecular weight excluding hydrogens is 318 g/mol. The van der Waals surface area contributed by atoms with Crippen LogP contribution in [0.2, 0.25) is 0 Å². The van der Waals surface area contributed by atoms with Crippen molar-refractivity contribution in [3.8, 4) is 0 Å². The molecule has 1 N–H and O–H groups in total. The molecule has 0 saturated heterocycles. The lowest BCUT2D eigenvalue weighted by molar-refractivity contribution is 1.29. The number of hydrogen-bond donors (Lipinski definition) is 1. The number of para-hydroxylation sites is 2. The largest absolute Gasteiger partial charge is 0.354 e. The summed E-state index contributed by atoms with van der Waals surface area (Å²) in [4.78, 5) is 10.0. The second-order valence-electron chi connectivity index (χ2n) is 6.28. The van der Waals surface area contributed by atoms with E-state index in [-0.39, 0.29) is 0 Å². The molecule has 0 amide bonds. The lowest BCUT2D eigenvalue weighted by Crippen LogP contribution is -2.09. The summed E-state index contributed by atoms with van der Waals surface area (Å²) in [5.41, 5.74) is 5.63. The summed E-state index contributed by atoms with van der Waals surface area (Å²) in [5, 5.41) is 2.33. The maximum atomic E-state index is 4.29. The maximum Gasteiger partial charge on any atom is 0.0495 e. The Labute approximate surface area is 151 Å². The minimum Gasteiger partial charge on any atom is -0.354 e. The number of nitrogens with one attached hydrogen (secondary N) is 1. The van der Waals surface area contributed by atoms with Gasteiger partial charge in [0.05, 0.1) is 0 Å². The van der Waals surface area contributed by atoms with Crippen LogP contribution < -0.4 is 4.90 Å². The van der Waals surface area contributed by atoms with Gasteiger partial charge < -0.3 is 9.88 Å². The molecule has 2 heterocycles. The summed E-state index contributed by atoms with van der Waals surface area (Å²) in [6, 6.07) is 29.4. The fourth-order valence-corrected chi connectivity index (χ4v) is 3.47. The Morgan fingerprint density at radius 3 is 1.96 bits per heavy atom. The maximum absolute atomic E-state index is 4.29. The number of H-pyrrole nitrogens is 1. The molecule has 0 bridgehead atoms. The molecule has 5 aromatic rings. The van der Waals surface area contributed by atoms with Gasteiger partial charge in [-0.1, -0.05) is 36.4 Å². The number of rotatable bonds is 3. The molecule has 124 valence electrons. The smallest absolute Gasteiger partial charge is 0.0495 e. The molecule has 0 unspecified atom stereocenters. The third-order valence-corrected chi connectivity index (χ3v) is 4.67. The summed E-state index contributed by atoms with van der Waals surface area (Å²) in [6.07, 6.45) is 3.74. The van der Waals surface area contributed by atoms with Crippen LogP contribution in [-0.2, 0) is 0 Å². The van der Waals surface area contributed by atoms with Gasteiger partial charge in [0.1, 0.15) is 0 Å². The van der Waals surface area contributed by atoms with Gasteiger partial charge in [-0.2, -0.15) is 0 Å². The van der Waals surface area contributed by atoms with Crippen LogP contribution in [0.4, 0.5) is 17.1 Å². The van der Waals surface area contributed by atoms with Gasteiger partial charge in [-0.25, -0.2) is 0 Å². The van der Waals surface area contributed by atoms with Gasteiger partial charge in [0.2, 0.25) is 0 Å². The SMILES string of the molecule is c1ccc(N(c2ccccc2)c2ccc3[nH]c4ccncc4c3c2)cc1. The molecule has 0 saturated carbocycles. The van der Waals surface area contributed by atoms with E-state index in [1.807, 2.05) is 30.6 Å². The summed E-state index contributed by atoms with van der Waals surface area (Å²) in [6.45, 7) is 0. The van der Waals surface area contributed by atoms with E-state index in [1.165, 1.54) is 5.39 Å². The molecular formula is C23H17N3. The number of aromatic nitrogens is 2. The number of hydrogen-bond acceptors (Lipinski definition) is 2. The molecule has 0 aliphatic carbocycles. The normalized spacial score (nSPS) is 11.1. The fraction of sp³-hybridized carbons (Fsp3) is 0. The Kier molecular flexibility index (Phi) is 3.42. The van der Waals surface area contributed by atoms with Crippen LogP contribution in [0.3, 0.4) is 0 Å². The summed E-state index contributed by atoms with van der Waals surface area (Å²) >= 11 is 0. The van der Waals surface area contributed by atoms with E-state index >= 15 is 0 Å². The first-order chi connectivity index (χ1) is 12.9. The predicted octanol–water partition coefficient (Wildman–Crippen LogP) is 6.19. The van der Waals surface area contributed by atoms with Crippen LogP contribution in [-0.4, -0.2) is 9.97 Å². The lowest BCUT2D eigenvalue weighted by Gasteiger charge is -2.25. The summed E-state index contributed by atoms with van der Waals surface area (Å²) in [5.74, 6) is 0. The van der Waals surface area contributed by atoms with E-state index in [2.05, 4.69) is 81.6 Å². The molecule has 0 fully saturated rings. The average Bonchev–Trinajstić information content (AvgIpc) is 3.08. The van der Waals surface area contributed by atoms with Crippen LogP contribution in [0.25, 0.3) is 21.8 Å². The third-order valence-electron chi connectivity index (χ3n) is 4.67. The van der Waals surface area contributed by atoms with E-state index in [0.717, 1.165) is 33.5 Å². The van der Waals surface area contributed by atoms with E-state index in [4.69, 9.17) is 0 Å². The van der Waals surface area contributed by atoms with E-state index in [9.17, 15) is 0 Å². The summed E-state index contributed by atoms with van der Waals surface area (Å²) < 4.78 is 0. The Morgan fingerprint density at radius 1 is 0.615 bits per heavy atom. The number of benzene rings is 3. The van der Waals surface area contributed by atoms with Crippen LogP contribution >= 0.6 is 0 Å². The molecule has 0 atom stereocenters. The Hall–Kier alpha value is -3.59. The van der Waals surface area contributed by atoms with Crippen molar-refractivity contribution in [2.45, 2.75) is 0 Å². The quantitative estimate of drug-likeness (QED) is 0.426. The molecule has 0 radical (unpaired) electrons. The number of fused-ring (bicyclic) bond motifs is 3. The molecule has 0 aliphatic rings. The first-order valence-corrected chi connectivity index (χ1v) is 8.66. The fourth-order valence-electron chi connectivity index (χ4n) is 3.47. The monoisotopic (exact) mass is 335 g/mol. The van der Waals surface area contributed by atoms with Crippen molar-refractivity contribution < 1.29 is 0 Å². The summed E-state index contributed by atoms with van der Waals surface area (Å²) in [7, 11) is 0. The third kappa shape index (κ3) is 2.42. The number of anilines is 3. The Morgan fingerprint density at radius 2 is 1.27 bits per heavy atom. The first kappa shape index (κ1) is 14.7. The minimum absolute atomic E-state index is 1.11. The molecule has 26 heavy (non-hydrogen) atoms. The average molecular weight is 335 g/mol. The van der Waals surface area contributed by atoms with Gasteiger partial charge in [-0.15, -0.1) is 0 Å². The molecule has 3 heteroatoms. The highest BCUT2D eigenvalue weighted by Gasteiger charge is 2.13. The molecule has 5 rings (SSSR count). The topological polar surface area (TPSA) is 31.9 Å². The van der Waals surface area contributed by atoms with E-state index in [1.54, 1.807) is 0 Å². The van der Waals surface area contributed by atoms with Gasteiger partial charge in [0.25, 0.3) is 0 Å². The zero-order valence-electron chi connectivity index (χ0n) is 14.1. The molecule has 0 spiro atoms. The second kappa shape index (κ2) is 6.05. The first-order valence-electron chi connectivity index (χ1n) is 8.66. The van der Waals surface area contributed by atoms with Gasteiger partial charge in [-0.3, -0.25) is 4.98 Å². The number of nitrogens with zero attached hydrogens (tertiary/aromatic N) is 2. The molecule has 0 aliphatic heterocycles. The van der Waals surface area contributed by atoms with E-state index < -0.39 is 0 Å². The van der Waals surface area contributed by atoms with Crippen LogP contribution in [0.1, 0.15) is 0 Å². The Balaban J connectivity index is 1.75. The van der Waals surface area contributed by atoms with Crippen molar-refractivity contribution in [1.82, 2.24) is 9.97 Å². The van der Waals surface area contributed by atoms with Crippen molar-refractivity contribution in [3.05, 3.63) is 97.3 Å². The van der Waals surface area contributed by atoms with Crippen molar-refractivity contribution in [3.63, 3.8) is 0 Å². The highest BCUT2D eigenvalue weighted by atomic mass is 15.1. The lowest BCUT2D eigenvalue weighted by atomic mass is 10.1. The van der Waals surface area contributed by atoms with Crippen LogP contribution in [0.5, 0.6) is 0 Å². The van der Waals surface area contributed by atoms with Gasteiger partial charge in [0.15, 0.2) is 0 Å². The van der Waals surface area contributed by atoms with Gasteiger partial charge >= 0.3 is 0 Å². The van der Waals surface area contributed by atoms with E-state index in [0.29, 0.717) is 0 Å². The highest BCUT2D eigenvalue weighted by molar-refractivity contribution is 6.08. The number of pyridine rings is 1. The minimum atomic E-state index is 1.11. The number of aromatic amines is 1. The highest BCUT2D eigenvalue weighted by Crippen LogP contribution is 2.37. The van der Waals surface area contributed by atoms with Gasteiger partial charge in [-0.05, 0) is 48.5 Å². The van der Waals surface area contributed by atoms with Crippen molar-refractivity contribution >= 4 is 38.9 Å². The molecule has 2 aromatic heterocycles. The Bertz CT molecular complexity index is 1140.